The summed E-state index contributed by atoms with van der Waals surface area (Å²) in [6, 6.07) is 6.20. The number of hydrogen-bond donors (Lipinski definition) is 2. The topological polar surface area (TPSA) is 38.0 Å². The molecule has 0 spiro atoms. The van der Waals surface area contributed by atoms with Gasteiger partial charge in [-0.3, -0.25) is 0 Å². The van der Waals surface area contributed by atoms with Crippen LogP contribution in [0.1, 0.15) is 17.9 Å². The lowest BCUT2D eigenvalue weighted by atomic mass is 9.92. The molecule has 2 rings (SSSR count). The first-order chi connectivity index (χ1) is 7.22. The second-order valence-electron chi connectivity index (χ2n) is 3.87. The molecule has 0 aromatic heterocycles. The summed E-state index contributed by atoms with van der Waals surface area (Å²) in [6.45, 7) is 1.68. The zero-order valence-corrected chi connectivity index (χ0v) is 9.85. The van der Waals surface area contributed by atoms with Gasteiger partial charge in [0.25, 0.3) is 0 Å². The van der Waals surface area contributed by atoms with Crippen molar-refractivity contribution in [2.75, 3.05) is 13.1 Å². The van der Waals surface area contributed by atoms with Gasteiger partial charge in [0.15, 0.2) is 0 Å². The van der Waals surface area contributed by atoms with Gasteiger partial charge in [-0.25, -0.2) is 0 Å². The summed E-state index contributed by atoms with van der Waals surface area (Å²) in [7, 11) is 0. The molecule has 1 aromatic carbocycles. The van der Waals surface area contributed by atoms with Gasteiger partial charge in [-0.1, -0.05) is 29.3 Å². The van der Waals surface area contributed by atoms with Crippen LogP contribution in [0.25, 0.3) is 0 Å². The normalized spacial score (nSPS) is 25.8. The van der Waals surface area contributed by atoms with Crippen LogP contribution in [0.2, 0.25) is 10.0 Å². The molecule has 2 atom stereocenters. The standard InChI is InChI=1S/C11H14Cl2N2/c12-9-2-1-7(5-10(9)13)8-3-4-15-11(8)6-14/h1-2,5,8,11,15H,3-4,6,14H2. The van der Waals surface area contributed by atoms with E-state index in [0.29, 0.717) is 28.5 Å². The molecular weight excluding hydrogens is 231 g/mol. The van der Waals surface area contributed by atoms with Crippen molar-refractivity contribution in [3.63, 3.8) is 0 Å². The Morgan fingerprint density at radius 2 is 2.13 bits per heavy atom. The molecular formula is C11H14Cl2N2. The van der Waals surface area contributed by atoms with Gasteiger partial charge in [-0.05, 0) is 30.7 Å². The molecule has 1 aromatic rings. The van der Waals surface area contributed by atoms with Crippen LogP contribution in [0.15, 0.2) is 18.2 Å². The summed E-state index contributed by atoms with van der Waals surface area (Å²) in [6.07, 6.45) is 1.11. The second kappa shape index (κ2) is 4.71. The highest BCUT2D eigenvalue weighted by Gasteiger charge is 2.27. The Labute approximate surface area is 99.7 Å². The molecule has 1 fully saturated rings. The van der Waals surface area contributed by atoms with Gasteiger partial charge in [0.2, 0.25) is 0 Å². The maximum absolute atomic E-state index is 6.00. The summed E-state index contributed by atoms with van der Waals surface area (Å²) < 4.78 is 0. The quantitative estimate of drug-likeness (QED) is 0.839. The fourth-order valence-corrected chi connectivity index (χ4v) is 2.46. The molecule has 1 aliphatic heterocycles. The molecule has 0 bridgehead atoms. The van der Waals surface area contributed by atoms with Crippen LogP contribution in [0.4, 0.5) is 0 Å². The Hall–Kier alpha value is -0.280. The molecule has 2 nitrogen and oxygen atoms in total. The van der Waals surface area contributed by atoms with E-state index in [1.165, 1.54) is 5.56 Å². The largest absolute Gasteiger partial charge is 0.329 e. The van der Waals surface area contributed by atoms with E-state index in [4.69, 9.17) is 28.9 Å². The lowest BCUT2D eigenvalue weighted by molar-refractivity contribution is 0.557. The Bertz CT molecular complexity index is 354. The molecule has 0 radical (unpaired) electrons. The zero-order chi connectivity index (χ0) is 10.8. The molecule has 15 heavy (non-hydrogen) atoms. The summed E-state index contributed by atoms with van der Waals surface area (Å²) in [5.41, 5.74) is 6.93. The van der Waals surface area contributed by atoms with Crippen LogP contribution in [-0.2, 0) is 0 Å². The van der Waals surface area contributed by atoms with Gasteiger partial charge >= 0.3 is 0 Å². The highest BCUT2D eigenvalue weighted by molar-refractivity contribution is 6.42. The zero-order valence-electron chi connectivity index (χ0n) is 8.34. The van der Waals surface area contributed by atoms with Crippen LogP contribution in [0.5, 0.6) is 0 Å². The van der Waals surface area contributed by atoms with Crippen molar-refractivity contribution in [3.05, 3.63) is 33.8 Å². The third-order valence-electron chi connectivity index (χ3n) is 2.97. The first-order valence-electron chi connectivity index (χ1n) is 5.10. The monoisotopic (exact) mass is 244 g/mol. The summed E-state index contributed by atoms with van der Waals surface area (Å²) >= 11 is 11.9. The summed E-state index contributed by atoms with van der Waals surface area (Å²) in [5, 5.41) is 4.62. The number of benzene rings is 1. The maximum atomic E-state index is 6.00. The van der Waals surface area contributed by atoms with Crippen molar-refractivity contribution in [1.82, 2.24) is 5.32 Å². The number of nitrogens with two attached hydrogens (primary N) is 1. The van der Waals surface area contributed by atoms with Crippen molar-refractivity contribution in [2.45, 2.75) is 18.4 Å². The average Bonchev–Trinajstić information content (AvgIpc) is 2.70. The summed E-state index contributed by atoms with van der Waals surface area (Å²) in [5.74, 6) is 0.463. The van der Waals surface area contributed by atoms with Crippen molar-refractivity contribution in [2.24, 2.45) is 5.73 Å². The molecule has 3 N–H and O–H groups in total. The highest BCUT2D eigenvalue weighted by atomic mass is 35.5. The maximum Gasteiger partial charge on any atom is 0.0595 e. The number of hydrogen-bond acceptors (Lipinski definition) is 2. The lowest BCUT2D eigenvalue weighted by Crippen LogP contribution is -2.33. The van der Waals surface area contributed by atoms with Crippen molar-refractivity contribution in [3.8, 4) is 0 Å². The molecule has 1 aliphatic rings. The van der Waals surface area contributed by atoms with Crippen LogP contribution in [0, 0.1) is 0 Å². The minimum Gasteiger partial charge on any atom is -0.329 e. The SMILES string of the molecule is NCC1NCCC1c1ccc(Cl)c(Cl)c1. The predicted molar refractivity (Wildman–Crippen MR) is 64.7 cm³/mol. The van der Waals surface area contributed by atoms with E-state index in [-0.39, 0.29) is 0 Å². The lowest BCUT2D eigenvalue weighted by Gasteiger charge is -2.18. The van der Waals surface area contributed by atoms with Gasteiger partial charge in [-0.15, -0.1) is 0 Å². The van der Waals surface area contributed by atoms with Gasteiger partial charge in [0.05, 0.1) is 10.0 Å². The molecule has 82 valence electrons. The average molecular weight is 245 g/mol. The number of rotatable bonds is 2. The molecule has 0 amide bonds. The van der Waals surface area contributed by atoms with E-state index < -0.39 is 0 Å². The van der Waals surface area contributed by atoms with Crippen LogP contribution in [0.3, 0.4) is 0 Å². The van der Waals surface area contributed by atoms with E-state index in [1.54, 1.807) is 0 Å². The van der Waals surface area contributed by atoms with Gasteiger partial charge in [-0.2, -0.15) is 0 Å². The minimum atomic E-state index is 0.363. The predicted octanol–water partition coefficient (Wildman–Crippen LogP) is 2.40. The number of halogens is 2. The first kappa shape index (κ1) is 11.2. The van der Waals surface area contributed by atoms with Crippen molar-refractivity contribution >= 4 is 23.2 Å². The van der Waals surface area contributed by atoms with E-state index in [9.17, 15) is 0 Å². The third-order valence-corrected chi connectivity index (χ3v) is 3.71. The van der Waals surface area contributed by atoms with Crippen LogP contribution in [-0.4, -0.2) is 19.1 Å². The van der Waals surface area contributed by atoms with Crippen molar-refractivity contribution < 1.29 is 0 Å². The summed E-state index contributed by atoms with van der Waals surface area (Å²) in [4.78, 5) is 0. The minimum absolute atomic E-state index is 0.363. The Balaban J connectivity index is 2.25. The third kappa shape index (κ3) is 2.28. The molecule has 4 heteroatoms. The van der Waals surface area contributed by atoms with Gasteiger partial charge < -0.3 is 11.1 Å². The molecule has 0 aliphatic carbocycles. The van der Waals surface area contributed by atoms with E-state index >= 15 is 0 Å². The van der Waals surface area contributed by atoms with E-state index in [0.717, 1.165) is 13.0 Å². The van der Waals surface area contributed by atoms with Crippen LogP contribution >= 0.6 is 23.2 Å². The first-order valence-corrected chi connectivity index (χ1v) is 5.86. The molecule has 2 unspecified atom stereocenters. The second-order valence-corrected chi connectivity index (χ2v) is 4.68. The molecule has 1 saturated heterocycles. The van der Waals surface area contributed by atoms with E-state index in [1.807, 2.05) is 18.2 Å². The van der Waals surface area contributed by atoms with E-state index in [2.05, 4.69) is 5.32 Å². The van der Waals surface area contributed by atoms with Crippen LogP contribution < -0.4 is 11.1 Å². The Kier molecular flexibility index (Phi) is 3.52. The highest BCUT2D eigenvalue weighted by Crippen LogP contribution is 2.31. The fourth-order valence-electron chi connectivity index (χ4n) is 2.16. The Morgan fingerprint density at radius 1 is 1.33 bits per heavy atom. The smallest absolute Gasteiger partial charge is 0.0595 e. The van der Waals surface area contributed by atoms with Gasteiger partial charge in [0.1, 0.15) is 0 Å². The fraction of sp³-hybridized carbons (Fsp3) is 0.455. The molecule has 0 saturated carbocycles. The molecule has 1 heterocycles. The Morgan fingerprint density at radius 3 is 2.80 bits per heavy atom. The van der Waals surface area contributed by atoms with Gasteiger partial charge in [0, 0.05) is 18.5 Å². The van der Waals surface area contributed by atoms with Crippen molar-refractivity contribution in [1.29, 1.82) is 0 Å². The number of nitrogens with one attached hydrogen (secondary N) is 1.